The molecule has 2 aromatic carbocycles. The standard InChI is InChI=1S/C31H38/c1-3-5-7-9-27-12-16-29(17-13-27)19-21-31-24-22-30(23-25-31)20-18-28-14-10-26(11-15-28)8-6-4-2/h12-13,16-17,22-26,28H,3-6,8,10-11,14-15,18,20H2,1-2H3/t26-,28-. The molecule has 0 saturated heterocycles. The third-order valence-electron chi connectivity index (χ3n) is 6.57. The second kappa shape index (κ2) is 13.1. The zero-order valence-electron chi connectivity index (χ0n) is 19.6. The SMILES string of the molecule is CCCC#Cc1ccc(C#Cc2ccc(CC[C@H]3CC[C@H](CCCC)CC3)cc2)cc1. The van der Waals surface area contributed by atoms with Crippen LogP contribution in [0.2, 0.25) is 0 Å². The van der Waals surface area contributed by atoms with Crippen molar-refractivity contribution in [2.75, 3.05) is 0 Å². The van der Waals surface area contributed by atoms with Gasteiger partial charge in [-0.1, -0.05) is 94.6 Å². The molecule has 0 bridgehead atoms. The largest absolute Gasteiger partial charge is 0.0979 e. The van der Waals surface area contributed by atoms with E-state index in [1.54, 1.807) is 0 Å². The average molecular weight is 411 g/mol. The van der Waals surface area contributed by atoms with Crippen LogP contribution in [0.4, 0.5) is 0 Å². The average Bonchev–Trinajstić information content (AvgIpc) is 2.82. The van der Waals surface area contributed by atoms with Gasteiger partial charge in [-0.15, -0.1) is 0 Å². The summed E-state index contributed by atoms with van der Waals surface area (Å²) in [6.07, 6.45) is 14.7. The van der Waals surface area contributed by atoms with Gasteiger partial charge in [-0.05, 0) is 73.1 Å². The van der Waals surface area contributed by atoms with Crippen LogP contribution in [0.3, 0.4) is 0 Å². The van der Waals surface area contributed by atoms with Crippen molar-refractivity contribution in [1.82, 2.24) is 0 Å². The van der Waals surface area contributed by atoms with Gasteiger partial charge in [0.25, 0.3) is 0 Å². The number of unbranched alkanes of at least 4 members (excludes halogenated alkanes) is 2. The molecule has 0 amide bonds. The van der Waals surface area contributed by atoms with Gasteiger partial charge in [0.05, 0.1) is 0 Å². The molecule has 0 atom stereocenters. The van der Waals surface area contributed by atoms with Crippen molar-refractivity contribution in [3.05, 3.63) is 70.8 Å². The van der Waals surface area contributed by atoms with E-state index in [9.17, 15) is 0 Å². The first kappa shape index (κ1) is 23.2. The van der Waals surface area contributed by atoms with Gasteiger partial charge in [-0.25, -0.2) is 0 Å². The molecule has 0 spiro atoms. The Kier molecular flexibility index (Phi) is 9.80. The summed E-state index contributed by atoms with van der Waals surface area (Å²) >= 11 is 0. The Labute approximate surface area is 190 Å². The maximum absolute atomic E-state index is 3.30. The fourth-order valence-corrected chi connectivity index (χ4v) is 4.50. The molecule has 31 heavy (non-hydrogen) atoms. The molecule has 1 aliphatic rings. The van der Waals surface area contributed by atoms with Gasteiger partial charge in [-0.2, -0.15) is 0 Å². The molecule has 1 aliphatic carbocycles. The zero-order chi connectivity index (χ0) is 21.7. The molecule has 0 N–H and O–H groups in total. The smallest absolute Gasteiger partial charge is 0.0249 e. The van der Waals surface area contributed by atoms with E-state index >= 15 is 0 Å². The predicted octanol–water partition coefficient (Wildman–Crippen LogP) is 8.17. The van der Waals surface area contributed by atoms with E-state index < -0.39 is 0 Å². The maximum atomic E-state index is 3.30. The third kappa shape index (κ3) is 8.31. The van der Waals surface area contributed by atoms with Gasteiger partial charge >= 0.3 is 0 Å². The minimum absolute atomic E-state index is 0.937. The second-order valence-corrected chi connectivity index (χ2v) is 9.14. The minimum Gasteiger partial charge on any atom is -0.0979 e. The molecular formula is C31H38. The van der Waals surface area contributed by atoms with Gasteiger partial charge in [0.2, 0.25) is 0 Å². The Hall–Kier alpha value is -2.44. The van der Waals surface area contributed by atoms with Gasteiger partial charge in [0.15, 0.2) is 0 Å². The Bertz CT molecular complexity index is 885. The van der Waals surface area contributed by atoms with Crippen molar-refractivity contribution in [2.45, 2.75) is 84.5 Å². The summed E-state index contributed by atoms with van der Waals surface area (Å²) in [5.74, 6) is 14.9. The monoisotopic (exact) mass is 410 g/mol. The summed E-state index contributed by atoms with van der Waals surface area (Å²) < 4.78 is 0. The van der Waals surface area contributed by atoms with E-state index in [4.69, 9.17) is 0 Å². The highest BCUT2D eigenvalue weighted by molar-refractivity contribution is 5.46. The van der Waals surface area contributed by atoms with E-state index in [0.29, 0.717) is 0 Å². The van der Waals surface area contributed by atoms with Gasteiger partial charge in [0.1, 0.15) is 0 Å². The van der Waals surface area contributed by atoms with Crippen LogP contribution in [-0.2, 0) is 6.42 Å². The highest BCUT2D eigenvalue weighted by atomic mass is 14.3. The van der Waals surface area contributed by atoms with Crippen LogP contribution in [0.15, 0.2) is 48.5 Å². The van der Waals surface area contributed by atoms with E-state index in [1.165, 1.54) is 63.4 Å². The molecule has 1 fully saturated rings. The van der Waals surface area contributed by atoms with Crippen molar-refractivity contribution in [3.63, 3.8) is 0 Å². The number of benzene rings is 2. The summed E-state index contributed by atoms with van der Waals surface area (Å²) in [6.45, 7) is 4.46. The van der Waals surface area contributed by atoms with Crippen LogP contribution in [0.5, 0.6) is 0 Å². The Morgan fingerprint density at radius 1 is 0.645 bits per heavy atom. The Morgan fingerprint density at radius 2 is 1.16 bits per heavy atom. The molecular weight excluding hydrogens is 372 g/mol. The van der Waals surface area contributed by atoms with Crippen molar-refractivity contribution in [3.8, 4) is 23.7 Å². The number of rotatable bonds is 7. The van der Waals surface area contributed by atoms with Crippen molar-refractivity contribution in [1.29, 1.82) is 0 Å². The van der Waals surface area contributed by atoms with Crippen LogP contribution < -0.4 is 0 Å². The Balaban J connectivity index is 1.44. The van der Waals surface area contributed by atoms with Crippen LogP contribution in [0.25, 0.3) is 0 Å². The third-order valence-corrected chi connectivity index (χ3v) is 6.57. The normalized spacial score (nSPS) is 17.9. The molecule has 3 rings (SSSR count). The fraction of sp³-hybridized carbons (Fsp3) is 0.484. The van der Waals surface area contributed by atoms with Crippen LogP contribution in [0, 0.1) is 35.5 Å². The van der Waals surface area contributed by atoms with Gasteiger partial charge < -0.3 is 0 Å². The summed E-state index contributed by atoms with van der Waals surface area (Å²) in [5, 5.41) is 0. The van der Waals surface area contributed by atoms with Crippen LogP contribution in [-0.4, -0.2) is 0 Å². The molecule has 1 saturated carbocycles. The first-order valence-corrected chi connectivity index (χ1v) is 12.5. The summed E-state index contributed by atoms with van der Waals surface area (Å²) in [4.78, 5) is 0. The lowest BCUT2D eigenvalue weighted by atomic mass is 9.78. The summed E-state index contributed by atoms with van der Waals surface area (Å²) in [6, 6.07) is 17.1. The van der Waals surface area contributed by atoms with E-state index in [1.807, 2.05) is 0 Å². The van der Waals surface area contributed by atoms with Crippen molar-refractivity contribution < 1.29 is 0 Å². The van der Waals surface area contributed by atoms with Crippen molar-refractivity contribution in [2.24, 2.45) is 11.8 Å². The molecule has 0 unspecified atom stereocenters. The van der Waals surface area contributed by atoms with Gasteiger partial charge in [0, 0.05) is 23.1 Å². The number of aryl methyl sites for hydroxylation is 1. The van der Waals surface area contributed by atoms with E-state index in [0.717, 1.165) is 41.4 Å². The minimum atomic E-state index is 0.937. The zero-order valence-corrected chi connectivity index (χ0v) is 19.6. The van der Waals surface area contributed by atoms with E-state index in [2.05, 4.69) is 86.1 Å². The molecule has 0 nitrogen and oxygen atoms in total. The second-order valence-electron chi connectivity index (χ2n) is 9.14. The van der Waals surface area contributed by atoms with E-state index in [-0.39, 0.29) is 0 Å². The lowest BCUT2D eigenvalue weighted by molar-refractivity contribution is 0.250. The topological polar surface area (TPSA) is 0 Å². The molecule has 0 radical (unpaired) electrons. The molecule has 0 aliphatic heterocycles. The molecule has 0 aromatic heterocycles. The highest BCUT2D eigenvalue weighted by Crippen LogP contribution is 2.34. The molecule has 0 heteroatoms. The summed E-state index contributed by atoms with van der Waals surface area (Å²) in [7, 11) is 0. The Morgan fingerprint density at radius 3 is 1.71 bits per heavy atom. The lowest BCUT2D eigenvalue weighted by Gasteiger charge is -2.28. The number of hydrogen-bond acceptors (Lipinski definition) is 0. The van der Waals surface area contributed by atoms with Crippen LogP contribution in [0.1, 0.15) is 100 Å². The molecule has 0 heterocycles. The predicted molar refractivity (Wildman–Crippen MR) is 134 cm³/mol. The summed E-state index contributed by atoms with van der Waals surface area (Å²) in [5.41, 5.74) is 4.65. The molecule has 162 valence electrons. The first-order chi connectivity index (χ1) is 15.3. The highest BCUT2D eigenvalue weighted by Gasteiger charge is 2.20. The van der Waals surface area contributed by atoms with Crippen molar-refractivity contribution >= 4 is 0 Å². The maximum Gasteiger partial charge on any atom is 0.0249 e. The first-order valence-electron chi connectivity index (χ1n) is 12.5. The molecule has 2 aromatic rings. The quantitative estimate of drug-likeness (QED) is 0.404. The fourth-order valence-electron chi connectivity index (χ4n) is 4.50. The van der Waals surface area contributed by atoms with Gasteiger partial charge in [-0.3, -0.25) is 0 Å². The lowest BCUT2D eigenvalue weighted by Crippen LogP contribution is -2.15. The number of hydrogen-bond donors (Lipinski definition) is 0. The van der Waals surface area contributed by atoms with Crippen LogP contribution >= 0.6 is 0 Å².